The highest BCUT2D eigenvalue weighted by Crippen LogP contribution is 2.07. The van der Waals surface area contributed by atoms with Crippen molar-refractivity contribution in [3.63, 3.8) is 0 Å². The summed E-state index contributed by atoms with van der Waals surface area (Å²) in [5.74, 6) is -0.119. The SMILES string of the molecule is O=C(CCl)NCc1ccccc1C[NH+]1CCOCC1. The quantitative estimate of drug-likeness (QED) is 0.745. The third kappa shape index (κ3) is 4.49. The van der Waals surface area contributed by atoms with Gasteiger partial charge >= 0.3 is 0 Å². The molecule has 1 fully saturated rings. The Morgan fingerprint density at radius 3 is 2.63 bits per heavy atom. The fourth-order valence-electron chi connectivity index (χ4n) is 2.25. The van der Waals surface area contributed by atoms with Crippen LogP contribution in [0.25, 0.3) is 0 Å². The van der Waals surface area contributed by atoms with E-state index in [0.717, 1.165) is 32.8 Å². The largest absolute Gasteiger partial charge is 0.370 e. The molecule has 2 N–H and O–H groups in total. The van der Waals surface area contributed by atoms with Crippen LogP contribution in [0.1, 0.15) is 11.1 Å². The van der Waals surface area contributed by atoms with Crippen LogP contribution in [0.2, 0.25) is 0 Å². The number of benzene rings is 1. The summed E-state index contributed by atoms with van der Waals surface area (Å²) in [5, 5.41) is 2.82. The Morgan fingerprint density at radius 1 is 1.26 bits per heavy atom. The van der Waals surface area contributed by atoms with Gasteiger partial charge in [0.1, 0.15) is 25.5 Å². The smallest absolute Gasteiger partial charge is 0.235 e. The average Bonchev–Trinajstić information content (AvgIpc) is 2.47. The summed E-state index contributed by atoms with van der Waals surface area (Å²) in [7, 11) is 0. The molecule has 1 aromatic rings. The van der Waals surface area contributed by atoms with E-state index in [2.05, 4.69) is 17.4 Å². The number of amides is 1. The van der Waals surface area contributed by atoms with Gasteiger partial charge in [0.2, 0.25) is 5.91 Å². The molecule has 2 rings (SSSR count). The zero-order chi connectivity index (χ0) is 13.5. The van der Waals surface area contributed by atoms with Gasteiger partial charge in [0.15, 0.2) is 0 Å². The highest BCUT2D eigenvalue weighted by molar-refractivity contribution is 6.27. The Morgan fingerprint density at radius 2 is 1.95 bits per heavy atom. The van der Waals surface area contributed by atoms with Gasteiger partial charge in [0.05, 0.1) is 13.2 Å². The summed E-state index contributed by atoms with van der Waals surface area (Å²) in [6, 6.07) is 8.23. The zero-order valence-corrected chi connectivity index (χ0v) is 11.7. The van der Waals surface area contributed by atoms with Crippen molar-refractivity contribution >= 4 is 17.5 Å². The molecule has 0 unspecified atom stereocenters. The third-order valence-electron chi connectivity index (χ3n) is 3.36. The van der Waals surface area contributed by atoms with Crippen molar-refractivity contribution in [1.29, 1.82) is 0 Å². The molecule has 0 saturated carbocycles. The molecule has 0 bridgehead atoms. The van der Waals surface area contributed by atoms with Gasteiger partial charge in [-0.15, -0.1) is 11.6 Å². The molecule has 1 aliphatic rings. The van der Waals surface area contributed by atoms with E-state index in [9.17, 15) is 4.79 Å². The minimum atomic E-state index is -0.129. The van der Waals surface area contributed by atoms with E-state index >= 15 is 0 Å². The highest BCUT2D eigenvalue weighted by atomic mass is 35.5. The molecule has 0 aliphatic carbocycles. The Labute approximate surface area is 118 Å². The number of quaternary nitrogens is 1. The predicted octanol–water partition coefficient (Wildman–Crippen LogP) is -0.0433. The zero-order valence-electron chi connectivity index (χ0n) is 11.0. The lowest BCUT2D eigenvalue weighted by atomic mass is 10.1. The number of morpholine rings is 1. The van der Waals surface area contributed by atoms with Crippen molar-refractivity contribution in [2.24, 2.45) is 0 Å². The second-order valence-corrected chi connectivity index (χ2v) is 4.99. The minimum Gasteiger partial charge on any atom is -0.370 e. The van der Waals surface area contributed by atoms with Crippen molar-refractivity contribution in [3.05, 3.63) is 35.4 Å². The summed E-state index contributed by atoms with van der Waals surface area (Å²) in [6.07, 6.45) is 0. The van der Waals surface area contributed by atoms with Crippen LogP contribution >= 0.6 is 11.6 Å². The molecule has 0 atom stereocenters. The molecule has 1 aliphatic heterocycles. The number of hydrogen-bond acceptors (Lipinski definition) is 2. The number of ether oxygens (including phenoxy) is 1. The van der Waals surface area contributed by atoms with E-state index in [4.69, 9.17) is 16.3 Å². The van der Waals surface area contributed by atoms with Crippen LogP contribution in [0.3, 0.4) is 0 Å². The van der Waals surface area contributed by atoms with Gasteiger partial charge in [-0.25, -0.2) is 0 Å². The van der Waals surface area contributed by atoms with Crippen LogP contribution in [0.15, 0.2) is 24.3 Å². The maximum atomic E-state index is 11.2. The summed E-state index contributed by atoms with van der Waals surface area (Å²) in [4.78, 5) is 12.8. The van der Waals surface area contributed by atoms with Crippen molar-refractivity contribution < 1.29 is 14.4 Å². The van der Waals surface area contributed by atoms with Gasteiger partial charge in [-0.3, -0.25) is 4.79 Å². The van der Waals surface area contributed by atoms with E-state index in [1.807, 2.05) is 12.1 Å². The van der Waals surface area contributed by atoms with E-state index in [1.54, 1.807) is 0 Å². The molecule has 1 heterocycles. The summed E-state index contributed by atoms with van der Waals surface area (Å²) in [6.45, 7) is 5.29. The summed E-state index contributed by atoms with van der Waals surface area (Å²) >= 11 is 5.48. The molecule has 104 valence electrons. The maximum Gasteiger partial charge on any atom is 0.235 e. The first kappa shape index (κ1) is 14.3. The van der Waals surface area contributed by atoms with Gasteiger partial charge in [0.25, 0.3) is 0 Å². The minimum absolute atomic E-state index is 0.0108. The summed E-state index contributed by atoms with van der Waals surface area (Å²) < 4.78 is 5.37. The lowest BCUT2D eigenvalue weighted by Crippen LogP contribution is -3.12. The normalized spacial score (nSPS) is 16.3. The fraction of sp³-hybridized carbons (Fsp3) is 0.500. The fourth-order valence-corrected chi connectivity index (χ4v) is 2.34. The number of hydrogen-bond donors (Lipinski definition) is 2. The maximum absolute atomic E-state index is 11.2. The van der Waals surface area contributed by atoms with Crippen LogP contribution in [-0.4, -0.2) is 38.1 Å². The number of carbonyl (C=O) groups excluding carboxylic acids is 1. The van der Waals surface area contributed by atoms with E-state index in [1.165, 1.54) is 16.0 Å². The summed E-state index contributed by atoms with van der Waals surface area (Å²) in [5.41, 5.74) is 2.45. The monoisotopic (exact) mass is 283 g/mol. The van der Waals surface area contributed by atoms with E-state index in [0.29, 0.717) is 6.54 Å². The Balaban J connectivity index is 1.96. The Kier molecular flexibility index (Phi) is 5.63. The van der Waals surface area contributed by atoms with Crippen LogP contribution in [0, 0.1) is 0 Å². The first-order valence-electron chi connectivity index (χ1n) is 6.60. The second-order valence-electron chi connectivity index (χ2n) is 4.72. The molecule has 0 radical (unpaired) electrons. The van der Waals surface area contributed by atoms with Crippen molar-refractivity contribution in [2.45, 2.75) is 13.1 Å². The van der Waals surface area contributed by atoms with Gasteiger partial charge < -0.3 is 15.0 Å². The van der Waals surface area contributed by atoms with Crippen molar-refractivity contribution in [1.82, 2.24) is 5.32 Å². The lowest BCUT2D eigenvalue weighted by molar-refractivity contribution is -0.921. The second kappa shape index (κ2) is 7.48. The lowest BCUT2D eigenvalue weighted by Gasteiger charge is -2.24. The van der Waals surface area contributed by atoms with Gasteiger partial charge in [-0.1, -0.05) is 24.3 Å². The molecule has 0 spiro atoms. The highest BCUT2D eigenvalue weighted by Gasteiger charge is 2.15. The number of rotatable bonds is 5. The molecule has 1 aromatic carbocycles. The standard InChI is InChI=1S/C14H19ClN2O2/c15-9-14(18)16-10-12-3-1-2-4-13(12)11-17-5-7-19-8-6-17/h1-4H,5-11H2,(H,16,18)/p+1. The number of nitrogens with one attached hydrogen (secondary N) is 2. The number of alkyl halides is 1. The third-order valence-corrected chi connectivity index (χ3v) is 3.60. The number of carbonyl (C=O) groups is 1. The van der Waals surface area contributed by atoms with Gasteiger partial charge in [-0.2, -0.15) is 0 Å². The topological polar surface area (TPSA) is 42.8 Å². The molecule has 5 heteroatoms. The van der Waals surface area contributed by atoms with Crippen LogP contribution in [0.5, 0.6) is 0 Å². The molecular formula is C14H20ClN2O2+. The Bertz CT molecular complexity index is 420. The van der Waals surface area contributed by atoms with Crippen LogP contribution in [-0.2, 0) is 22.6 Å². The van der Waals surface area contributed by atoms with Crippen molar-refractivity contribution in [2.75, 3.05) is 32.2 Å². The van der Waals surface area contributed by atoms with E-state index in [-0.39, 0.29) is 11.8 Å². The van der Waals surface area contributed by atoms with Crippen LogP contribution in [0.4, 0.5) is 0 Å². The number of halogens is 1. The Hall–Kier alpha value is -1.10. The molecule has 4 nitrogen and oxygen atoms in total. The molecular weight excluding hydrogens is 264 g/mol. The van der Waals surface area contributed by atoms with E-state index < -0.39 is 0 Å². The molecule has 1 saturated heterocycles. The molecule has 19 heavy (non-hydrogen) atoms. The van der Waals surface area contributed by atoms with Crippen LogP contribution < -0.4 is 10.2 Å². The van der Waals surface area contributed by atoms with Gasteiger partial charge in [0, 0.05) is 12.1 Å². The average molecular weight is 284 g/mol. The predicted molar refractivity (Wildman–Crippen MR) is 74.2 cm³/mol. The van der Waals surface area contributed by atoms with Crippen molar-refractivity contribution in [3.8, 4) is 0 Å². The first-order valence-corrected chi connectivity index (χ1v) is 7.14. The molecule has 1 amide bonds. The van der Waals surface area contributed by atoms with Gasteiger partial charge in [-0.05, 0) is 5.56 Å². The first-order chi connectivity index (χ1) is 9.29. The molecule has 0 aromatic heterocycles.